The Bertz CT molecular complexity index is 1520. The standard InChI is InChI=1S/C28H29ClN2O5S/c1-5-9-21-24(27(33)36-7-3)25(18-10-8-11-19(16-18)34-4)31-26(32)23(37-28(31)30-21)15-17-12-13-22(35-6-2)20(29)14-17/h8,10-16,25H,5-7,9H2,1-4H3/b23-15-/t25-/m0/s1. The van der Waals surface area contributed by atoms with Crippen molar-refractivity contribution in [1.82, 2.24) is 4.57 Å². The molecule has 9 heteroatoms. The number of aromatic nitrogens is 1. The molecule has 1 aliphatic heterocycles. The molecule has 0 aliphatic carbocycles. The molecule has 0 saturated carbocycles. The Balaban J connectivity index is 1.95. The molecule has 0 N–H and O–H groups in total. The van der Waals surface area contributed by atoms with E-state index >= 15 is 0 Å². The molecule has 2 aromatic carbocycles. The Labute approximate surface area is 224 Å². The summed E-state index contributed by atoms with van der Waals surface area (Å²) in [6, 6.07) is 12.1. The number of carbonyl (C=O) groups is 1. The number of halogens is 1. The predicted molar refractivity (Wildman–Crippen MR) is 145 cm³/mol. The lowest BCUT2D eigenvalue weighted by molar-refractivity contribution is -0.139. The summed E-state index contributed by atoms with van der Waals surface area (Å²) in [6.45, 7) is 6.40. The lowest BCUT2D eigenvalue weighted by Crippen LogP contribution is -2.40. The Morgan fingerprint density at radius 1 is 1.16 bits per heavy atom. The first-order chi connectivity index (χ1) is 17.9. The molecule has 0 bridgehead atoms. The Morgan fingerprint density at radius 3 is 2.65 bits per heavy atom. The summed E-state index contributed by atoms with van der Waals surface area (Å²) >= 11 is 7.65. The maximum atomic E-state index is 13.8. The minimum Gasteiger partial charge on any atom is -0.497 e. The van der Waals surface area contributed by atoms with Crippen molar-refractivity contribution in [1.29, 1.82) is 0 Å². The van der Waals surface area contributed by atoms with Gasteiger partial charge in [0.05, 0.1) is 47.2 Å². The Hall–Kier alpha value is -3.36. The highest BCUT2D eigenvalue weighted by molar-refractivity contribution is 7.07. The van der Waals surface area contributed by atoms with Crippen LogP contribution >= 0.6 is 22.9 Å². The van der Waals surface area contributed by atoms with Crippen LogP contribution in [0.25, 0.3) is 6.08 Å². The normalized spacial score (nSPS) is 15.3. The van der Waals surface area contributed by atoms with Crippen LogP contribution in [-0.4, -0.2) is 30.9 Å². The first-order valence-corrected chi connectivity index (χ1v) is 13.4. The van der Waals surface area contributed by atoms with Crippen LogP contribution in [0.15, 0.2) is 63.5 Å². The SMILES string of the molecule is CCCC1=C(C(=O)OCC)[C@H](c2cccc(OC)c2)n2c(s/c(=C\c3ccc(OCC)c(Cl)c3)c2=O)=N1. The van der Waals surface area contributed by atoms with Crippen molar-refractivity contribution in [3.8, 4) is 11.5 Å². The van der Waals surface area contributed by atoms with Gasteiger partial charge in [0.2, 0.25) is 0 Å². The number of esters is 1. The molecular formula is C28H29ClN2O5S. The molecule has 1 aromatic heterocycles. The second kappa shape index (κ2) is 11.8. The summed E-state index contributed by atoms with van der Waals surface area (Å²) in [5.74, 6) is 0.736. The largest absolute Gasteiger partial charge is 0.497 e. The summed E-state index contributed by atoms with van der Waals surface area (Å²) in [5, 5.41) is 0.465. The van der Waals surface area contributed by atoms with Gasteiger partial charge in [-0.2, -0.15) is 0 Å². The fourth-order valence-electron chi connectivity index (χ4n) is 4.28. The molecule has 0 saturated heterocycles. The maximum Gasteiger partial charge on any atom is 0.338 e. The summed E-state index contributed by atoms with van der Waals surface area (Å²) in [4.78, 5) is 32.4. The number of allylic oxidation sites excluding steroid dienone is 1. The van der Waals surface area contributed by atoms with Crippen LogP contribution in [0.3, 0.4) is 0 Å². The molecular weight excluding hydrogens is 512 g/mol. The van der Waals surface area contributed by atoms with Crippen LogP contribution in [0.4, 0.5) is 0 Å². The van der Waals surface area contributed by atoms with E-state index in [-0.39, 0.29) is 12.2 Å². The number of carbonyl (C=O) groups excluding carboxylic acids is 1. The number of hydrogen-bond acceptors (Lipinski definition) is 7. The van der Waals surface area contributed by atoms with E-state index < -0.39 is 12.0 Å². The van der Waals surface area contributed by atoms with Gasteiger partial charge in [0.25, 0.3) is 5.56 Å². The molecule has 37 heavy (non-hydrogen) atoms. The van der Waals surface area contributed by atoms with Crippen LogP contribution in [0, 0.1) is 0 Å². The number of fused-ring (bicyclic) bond motifs is 1. The highest BCUT2D eigenvalue weighted by Crippen LogP contribution is 2.34. The number of ether oxygens (including phenoxy) is 3. The number of rotatable bonds is 9. The van der Waals surface area contributed by atoms with Crippen molar-refractivity contribution in [3.05, 3.63) is 89.6 Å². The highest BCUT2D eigenvalue weighted by atomic mass is 35.5. The molecule has 0 fully saturated rings. The van der Waals surface area contributed by atoms with Gasteiger partial charge in [-0.25, -0.2) is 9.79 Å². The minimum absolute atomic E-state index is 0.218. The predicted octanol–water partition coefficient (Wildman–Crippen LogP) is 4.64. The van der Waals surface area contributed by atoms with Crippen molar-refractivity contribution >= 4 is 35.0 Å². The zero-order valence-corrected chi connectivity index (χ0v) is 22.8. The second-order valence-electron chi connectivity index (χ2n) is 8.31. The quantitative estimate of drug-likeness (QED) is 0.369. The van der Waals surface area contributed by atoms with Crippen LogP contribution in [0.5, 0.6) is 11.5 Å². The average molecular weight is 541 g/mol. The molecule has 7 nitrogen and oxygen atoms in total. The summed E-state index contributed by atoms with van der Waals surface area (Å²) in [6.07, 6.45) is 3.14. The lowest BCUT2D eigenvalue weighted by atomic mass is 9.94. The van der Waals surface area contributed by atoms with E-state index in [1.54, 1.807) is 36.8 Å². The van der Waals surface area contributed by atoms with Gasteiger partial charge in [0, 0.05) is 0 Å². The molecule has 0 radical (unpaired) electrons. The van der Waals surface area contributed by atoms with Gasteiger partial charge in [-0.05, 0) is 61.7 Å². The molecule has 0 spiro atoms. The van der Waals surface area contributed by atoms with E-state index in [4.69, 9.17) is 30.8 Å². The van der Waals surface area contributed by atoms with Crippen LogP contribution in [-0.2, 0) is 9.53 Å². The van der Waals surface area contributed by atoms with Gasteiger partial charge in [-0.1, -0.05) is 54.5 Å². The molecule has 4 rings (SSSR count). The first kappa shape index (κ1) is 26.7. The topological polar surface area (TPSA) is 79.1 Å². The minimum atomic E-state index is -0.696. The molecule has 194 valence electrons. The molecule has 0 unspecified atom stereocenters. The fourth-order valence-corrected chi connectivity index (χ4v) is 5.54. The van der Waals surface area contributed by atoms with Crippen molar-refractivity contribution in [2.75, 3.05) is 20.3 Å². The van der Waals surface area contributed by atoms with Crippen LogP contribution in [0.1, 0.15) is 50.8 Å². The van der Waals surface area contributed by atoms with Gasteiger partial charge >= 0.3 is 5.97 Å². The van der Waals surface area contributed by atoms with Gasteiger partial charge in [-0.15, -0.1) is 0 Å². The lowest BCUT2D eigenvalue weighted by Gasteiger charge is -2.26. The monoisotopic (exact) mass is 540 g/mol. The van der Waals surface area contributed by atoms with Gasteiger partial charge in [0.15, 0.2) is 4.80 Å². The van der Waals surface area contributed by atoms with E-state index in [2.05, 4.69) is 0 Å². The summed E-state index contributed by atoms with van der Waals surface area (Å²) in [7, 11) is 1.58. The van der Waals surface area contributed by atoms with Gasteiger partial charge < -0.3 is 14.2 Å². The molecule has 1 atom stereocenters. The zero-order valence-electron chi connectivity index (χ0n) is 21.2. The average Bonchev–Trinajstić information content (AvgIpc) is 3.19. The smallest absolute Gasteiger partial charge is 0.338 e. The molecule has 1 aliphatic rings. The number of hydrogen-bond donors (Lipinski definition) is 0. The summed E-state index contributed by atoms with van der Waals surface area (Å²) in [5.41, 5.74) is 2.25. The third-order valence-electron chi connectivity index (χ3n) is 5.86. The maximum absolute atomic E-state index is 13.8. The van der Waals surface area contributed by atoms with E-state index in [1.165, 1.54) is 11.3 Å². The van der Waals surface area contributed by atoms with E-state index in [9.17, 15) is 9.59 Å². The van der Waals surface area contributed by atoms with E-state index in [1.807, 2.05) is 44.2 Å². The Morgan fingerprint density at radius 2 is 1.97 bits per heavy atom. The van der Waals surface area contributed by atoms with Crippen molar-refractivity contribution in [2.45, 2.75) is 39.7 Å². The number of thiazole rings is 1. The number of methoxy groups -OCH3 is 1. The van der Waals surface area contributed by atoms with Crippen molar-refractivity contribution < 1.29 is 19.0 Å². The van der Waals surface area contributed by atoms with Gasteiger partial charge in [-0.3, -0.25) is 9.36 Å². The third kappa shape index (κ3) is 5.50. The first-order valence-electron chi connectivity index (χ1n) is 12.2. The van der Waals surface area contributed by atoms with Crippen molar-refractivity contribution in [2.24, 2.45) is 4.99 Å². The number of nitrogens with zero attached hydrogens (tertiary/aromatic N) is 2. The molecule has 2 heterocycles. The fraction of sp³-hybridized carbons (Fsp3) is 0.321. The number of benzene rings is 2. The third-order valence-corrected chi connectivity index (χ3v) is 7.13. The molecule has 3 aromatic rings. The molecule has 0 amide bonds. The zero-order chi connectivity index (χ0) is 26.5. The van der Waals surface area contributed by atoms with Crippen LogP contribution < -0.4 is 24.4 Å². The summed E-state index contributed by atoms with van der Waals surface area (Å²) < 4.78 is 18.4. The van der Waals surface area contributed by atoms with Crippen molar-refractivity contribution in [3.63, 3.8) is 0 Å². The van der Waals surface area contributed by atoms with Crippen LogP contribution in [0.2, 0.25) is 5.02 Å². The second-order valence-corrected chi connectivity index (χ2v) is 9.73. The van der Waals surface area contributed by atoms with E-state index in [0.29, 0.717) is 50.2 Å². The van der Waals surface area contributed by atoms with E-state index in [0.717, 1.165) is 17.5 Å². The van der Waals surface area contributed by atoms with Gasteiger partial charge in [0.1, 0.15) is 11.5 Å². The highest BCUT2D eigenvalue weighted by Gasteiger charge is 2.34. The Kier molecular flexibility index (Phi) is 8.51.